The Morgan fingerprint density at radius 2 is 1.90 bits per heavy atom. The average molecular weight is 352 g/mol. The van der Waals surface area contributed by atoms with E-state index in [-0.39, 0.29) is 0 Å². The van der Waals surface area contributed by atoms with Crippen molar-refractivity contribution in [1.82, 2.24) is 0 Å². The van der Waals surface area contributed by atoms with Gasteiger partial charge in [0, 0.05) is 20.8 Å². The summed E-state index contributed by atoms with van der Waals surface area (Å²) in [5.41, 5.74) is 7.84. The Labute approximate surface area is 130 Å². The molecule has 0 unspecified atom stereocenters. The fourth-order valence-corrected chi connectivity index (χ4v) is 3.49. The van der Waals surface area contributed by atoms with Crippen LogP contribution >= 0.6 is 27.7 Å². The molecular weight excluding hydrogens is 338 g/mol. The SMILES string of the molecule is Nc1cccc(CSc2ccc3c(c2)OCCO3)c1Br. The predicted molar refractivity (Wildman–Crippen MR) is 85.5 cm³/mol. The summed E-state index contributed by atoms with van der Waals surface area (Å²) < 4.78 is 12.1. The highest BCUT2D eigenvalue weighted by Crippen LogP contribution is 2.36. The summed E-state index contributed by atoms with van der Waals surface area (Å²) in [6, 6.07) is 12.0. The zero-order valence-corrected chi connectivity index (χ0v) is 13.2. The van der Waals surface area contributed by atoms with Gasteiger partial charge in [-0.3, -0.25) is 0 Å². The molecule has 3 rings (SSSR count). The Kier molecular flexibility index (Phi) is 4.08. The van der Waals surface area contributed by atoms with Crippen molar-refractivity contribution in [2.75, 3.05) is 18.9 Å². The summed E-state index contributed by atoms with van der Waals surface area (Å²) in [5, 5.41) is 0. The van der Waals surface area contributed by atoms with E-state index in [9.17, 15) is 0 Å². The Morgan fingerprint density at radius 1 is 1.10 bits per heavy atom. The molecule has 0 radical (unpaired) electrons. The normalized spacial score (nSPS) is 13.2. The maximum atomic E-state index is 5.89. The first-order chi connectivity index (χ1) is 9.74. The molecule has 2 aromatic carbocycles. The number of nitrogen functional groups attached to an aromatic ring is 1. The molecule has 0 atom stereocenters. The molecule has 0 aliphatic carbocycles. The molecular formula is C15H14BrNO2S. The molecule has 0 saturated carbocycles. The fourth-order valence-electron chi connectivity index (χ4n) is 1.99. The predicted octanol–water partition coefficient (Wildman–Crippen LogP) is 4.09. The molecule has 0 amide bonds. The van der Waals surface area contributed by atoms with Crippen LogP contribution in [0.15, 0.2) is 45.8 Å². The number of fused-ring (bicyclic) bond motifs is 1. The van der Waals surface area contributed by atoms with Crippen molar-refractivity contribution in [2.45, 2.75) is 10.6 Å². The second-order valence-electron chi connectivity index (χ2n) is 4.41. The third-order valence-electron chi connectivity index (χ3n) is 3.02. The Morgan fingerprint density at radius 3 is 2.75 bits per heavy atom. The summed E-state index contributed by atoms with van der Waals surface area (Å²) in [7, 11) is 0. The number of anilines is 1. The van der Waals surface area contributed by atoms with Crippen LogP contribution in [0, 0.1) is 0 Å². The van der Waals surface area contributed by atoms with Gasteiger partial charge < -0.3 is 15.2 Å². The maximum Gasteiger partial charge on any atom is 0.162 e. The van der Waals surface area contributed by atoms with E-state index in [2.05, 4.69) is 28.1 Å². The largest absolute Gasteiger partial charge is 0.486 e. The molecule has 2 N–H and O–H groups in total. The minimum atomic E-state index is 0.613. The highest BCUT2D eigenvalue weighted by Gasteiger charge is 2.12. The first-order valence-electron chi connectivity index (χ1n) is 6.29. The van der Waals surface area contributed by atoms with Gasteiger partial charge in [-0.25, -0.2) is 0 Å². The Hall–Kier alpha value is -1.33. The number of halogens is 1. The Balaban J connectivity index is 1.73. The van der Waals surface area contributed by atoms with Crippen LogP contribution in [0.5, 0.6) is 11.5 Å². The van der Waals surface area contributed by atoms with Gasteiger partial charge in [-0.2, -0.15) is 0 Å². The fraction of sp³-hybridized carbons (Fsp3) is 0.200. The minimum Gasteiger partial charge on any atom is -0.486 e. The van der Waals surface area contributed by atoms with Gasteiger partial charge in [0.05, 0.1) is 0 Å². The van der Waals surface area contributed by atoms with Gasteiger partial charge in [0.2, 0.25) is 0 Å². The molecule has 20 heavy (non-hydrogen) atoms. The van der Waals surface area contributed by atoms with Crippen LogP contribution in [0.25, 0.3) is 0 Å². The molecule has 1 aliphatic heterocycles. The monoisotopic (exact) mass is 351 g/mol. The topological polar surface area (TPSA) is 44.5 Å². The van der Waals surface area contributed by atoms with Gasteiger partial charge in [-0.1, -0.05) is 12.1 Å². The summed E-state index contributed by atoms with van der Waals surface area (Å²) in [4.78, 5) is 1.16. The van der Waals surface area contributed by atoms with Crippen molar-refractivity contribution >= 4 is 33.4 Å². The minimum absolute atomic E-state index is 0.613. The molecule has 0 spiro atoms. The number of thioether (sulfide) groups is 1. The van der Waals surface area contributed by atoms with Crippen molar-refractivity contribution in [3.05, 3.63) is 46.4 Å². The van der Waals surface area contributed by atoms with Gasteiger partial charge >= 0.3 is 0 Å². The summed E-state index contributed by atoms with van der Waals surface area (Å²) in [6.45, 7) is 1.23. The van der Waals surface area contributed by atoms with Crippen molar-refractivity contribution in [3.63, 3.8) is 0 Å². The lowest BCUT2D eigenvalue weighted by Crippen LogP contribution is -2.15. The number of hydrogen-bond acceptors (Lipinski definition) is 4. The molecule has 104 valence electrons. The summed E-state index contributed by atoms with van der Waals surface area (Å²) >= 11 is 5.28. The summed E-state index contributed by atoms with van der Waals surface area (Å²) in [5.74, 6) is 2.50. The van der Waals surface area contributed by atoms with Crippen LogP contribution in [0.2, 0.25) is 0 Å². The molecule has 3 nitrogen and oxygen atoms in total. The molecule has 0 bridgehead atoms. The van der Waals surface area contributed by atoms with Crippen molar-refractivity contribution in [1.29, 1.82) is 0 Å². The maximum absolute atomic E-state index is 5.89. The van der Waals surface area contributed by atoms with Gasteiger partial charge in [-0.05, 0) is 45.8 Å². The average Bonchev–Trinajstić information content (AvgIpc) is 2.48. The van der Waals surface area contributed by atoms with E-state index in [0.717, 1.165) is 32.3 Å². The van der Waals surface area contributed by atoms with E-state index >= 15 is 0 Å². The molecule has 1 heterocycles. The van der Waals surface area contributed by atoms with Gasteiger partial charge in [0.25, 0.3) is 0 Å². The van der Waals surface area contributed by atoms with Crippen LogP contribution in [0.1, 0.15) is 5.56 Å². The first-order valence-corrected chi connectivity index (χ1v) is 8.07. The van der Waals surface area contributed by atoms with Crippen LogP contribution < -0.4 is 15.2 Å². The Bertz CT molecular complexity index is 633. The van der Waals surface area contributed by atoms with Crippen molar-refractivity contribution in [2.24, 2.45) is 0 Å². The number of hydrogen-bond donors (Lipinski definition) is 1. The van der Waals surface area contributed by atoms with Gasteiger partial charge in [0.15, 0.2) is 11.5 Å². The quantitative estimate of drug-likeness (QED) is 0.667. The summed E-state index contributed by atoms with van der Waals surface area (Å²) in [6.07, 6.45) is 0. The van der Waals surface area contributed by atoms with Crippen molar-refractivity contribution < 1.29 is 9.47 Å². The first kappa shape index (κ1) is 13.6. The number of benzene rings is 2. The van der Waals surface area contributed by atoms with E-state index in [1.807, 2.05) is 24.3 Å². The van der Waals surface area contributed by atoms with Crippen LogP contribution in [-0.4, -0.2) is 13.2 Å². The highest BCUT2D eigenvalue weighted by molar-refractivity contribution is 9.10. The molecule has 0 fully saturated rings. The number of ether oxygens (including phenoxy) is 2. The zero-order valence-electron chi connectivity index (χ0n) is 10.8. The second-order valence-corrected chi connectivity index (χ2v) is 6.26. The lowest BCUT2D eigenvalue weighted by atomic mass is 10.2. The zero-order chi connectivity index (χ0) is 13.9. The van der Waals surface area contributed by atoms with Crippen LogP contribution in [0.3, 0.4) is 0 Å². The van der Waals surface area contributed by atoms with E-state index in [0.29, 0.717) is 13.2 Å². The van der Waals surface area contributed by atoms with Crippen molar-refractivity contribution in [3.8, 4) is 11.5 Å². The standard InChI is InChI=1S/C15H14BrNO2S/c16-15-10(2-1-3-12(15)17)9-20-11-4-5-13-14(8-11)19-7-6-18-13/h1-5,8H,6-7,9,17H2. The van der Waals surface area contributed by atoms with Crippen LogP contribution in [-0.2, 0) is 5.75 Å². The molecule has 0 saturated heterocycles. The van der Waals surface area contributed by atoms with Gasteiger partial charge in [0.1, 0.15) is 13.2 Å². The lowest BCUT2D eigenvalue weighted by molar-refractivity contribution is 0.171. The van der Waals surface area contributed by atoms with E-state index in [4.69, 9.17) is 15.2 Å². The number of nitrogens with two attached hydrogens (primary N) is 1. The van der Waals surface area contributed by atoms with Crippen LogP contribution in [0.4, 0.5) is 5.69 Å². The molecule has 0 aromatic heterocycles. The molecule has 5 heteroatoms. The third kappa shape index (κ3) is 2.88. The van der Waals surface area contributed by atoms with E-state index in [1.165, 1.54) is 5.56 Å². The van der Waals surface area contributed by atoms with E-state index in [1.54, 1.807) is 11.8 Å². The van der Waals surface area contributed by atoms with E-state index < -0.39 is 0 Å². The van der Waals surface area contributed by atoms with Gasteiger partial charge in [-0.15, -0.1) is 11.8 Å². The second kappa shape index (κ2) is 5.97. The lowest BCUT2D eigenvalue weighted by Gasteiger charge is -2.18. The smallest absolute Gasteiger partial charge is 0.162 e. The highest BCUT2D eigenvalue weighted by atomic mass is 79.9. The molecule has 2 aromatic rings. The number of rotatable bonds is 3. The third-order valence-corrected chi connectivity index (χ3v) is 5.03. The molecule has 1 aliphatic rings.